The molecule has 0 spiro atoms. The fourth-order valence-electron chi connectivity index (χ4n) is 3.97. The number of esters is 1. The van der Waals surface area contributed by atoms with Gasteiger partial charge >= 0.3 is 11.9 Å². The number of anilines is 3. The predicted molar refractivity (Wildman–Crippen MR) is 111 cm³/mol. The van der Waals surface area contributed by atoms with Gasteiger partial charge in [0.05, 0.1) is 16.8 Å². The van der Waals surface area contributed by atoms with E-state index in [1.54, 1.807) is 23.2 Å². The number of aromatic nitrogens is 2. The van der Waals surface area contributed by atoms with Gasteiger partial charge in [0.25, 0.3) is 5.91 Å². The summed E-state index contributed by atoms with van der Waals surface area (Å²) in [4.78, 5) is 47.8. The summed E-state index contributed by atoms with van der Waals surface area (Å²) in [6, 6.07) is 4.52. The Kier molecular flexibility index (Phi) is 5.40. The summed E-state index contributed by atoms with van der Waals surface area (Å²) in [5, 5.41) is 41.8. The minimum absolute atomic E-state index is 0.0235. The maximum absolute atomic E-state index is 13.1. The topological polar surface area (TPSA) is 192 Å². The highest BCUT2D eigenvalue weighted by Crippen LogP contribution is 2.44. The van der Waals surface area contributed by atoms with Crippen LogP contribution in [0.25, 0.3) is 0 Å². The van der Waals surface area contributed by atoms with E-state index in [4.69, 9.17) is 9.47 Å². The Morgan fingerprint density at radius 2 is 1.79 bits per heavy atom. The van der Waals surface area contributed by atoms with Crippen LogP contribution < -0.4 is 10.2 Å². The second-order valence-corrected chi connectivity index (χ2v) is 8.13. The molecular formula is C21H20N4O9. The molecule has 5 atom stereocenters. The molecule has 1 saturated heterocycles. The molecule has 13 heteroatoms. The summed E-state index contributed by atoms with van der Waals surface area (Å²) in [5.74, 6) is -2.55. The van der Waals surface area contributed by atoms with Gasteiger partial charge in [0.15, 0.2) is 11.9 Å². The molecule has 5 N–H and O–H groups in total. The number of aliphatic hydroxyl groups excluding tert-OH is 3. The van der Waals surface area contributed by atoms with Crippen molar-refractivity contribution in [3.8, 4) is 0 Å². The average Bonchev–Trinajstić information content (AvgIpc) is 3.66. The van der Waals surface area contributed by atoms with Crippen molar-refractivity contribution in [3.63, 3.8) is 0 Å². The van der Waals surface area contributed by atoms with E-state index >= 15 is 0 Å². The number of pyridine rings is 2. The first-order valence-corrected chi connectivity index (χ1v) is 10.5. The highest BCUT2D eigenvalue weighted by atomic mass is 16.7. The molecule has 3 aliphatic rings. The highest BCUT2D eigenvalue weighted by molar-refractivity contribution is 6.14. The van der Waals surface area contributed by atoms with Gasteiger partial charge in [0, 0.05) is 18.4 Å². The first kappa shape index (κ1) is 22.2. The molecule has 1 aliphatic carbocycles. The third-order valence-corrected chi connectivity index (χ3v) is 5.83. The van der Waals surface area contributed by atoms with Crippen LogP contribution in [0.3, 0.4) is 0 Å². The number of aliphatic carboxylic acids is 1. The van der Waals surface area contributed by atoms with Gasteiger partial charge in [-0.2, -0.15) is 0 Å². The molecule has 2 aliphatic heterocycles. The van der Waals surface area contributed by atoms with Crippen LogP contribution in [0, 0.1) is 0 Å². The van der Waals surface area contributed by atoms with Crippen LogP contribution in [0.1, 0.15) is 33.6 Å². The first-order chi connectivity index (χ1) is 16.3. The van der Waals surface area contributed by atoms with Crippen molar-refractivity contribution in [2.24, 2.45) is 0 Å². The van der Waals surface area contributed by atoms with E-state index < -0.39 is 48.6 Å². The number of hydrogen-bond donors (Lipinski definition) is 5. The zero-order valence-electron chi connectivity index (χ0n) is 17.4. The van der Waals surface area contributed by atoms with Gasteiger partial charge in [-0.05, 0) is 31.0 Å². The first-order valence-electron chi connectivity index (χ1n) is 10.5. The highest BCUT2D eigenvalue weighted by Gasteiger charge is 2.49. The maximum atomic E-state index is 13.1. The van der Waals surface area contributed by atoms with Crippen LogP contribution in [0.4, 0.5) is 17.3 Å². The molecule has 2 aromatic heterocycles. The summed E-state index contributed by atoms with van der Waals surface area (Å²) in [6.07, 6.45) is -5.07. The van der Waals surface area contributed by atoms with E-state index in [1.807, 2.05) is 0 Å². The molecule has 5 rings (SSSR count). The van der Waals surface area contributed by atoms with Gasteiger partial charge in [0.1, 0.15) is 24.1 Å². The molecule has 1 amide bonds. The number of ether oxygens (including phenoxy) is 2. The lowest BCUT2D eigenvalue weighted by molar-refractivity contribution is -0.278. The summed E-state index contributed by atoms with van der Waals surface area (Å²) in [5.41, 5.74) is 0.197. The SMILES string of the molecule is O=C1Nc2c(C(=O)OC3OC(C(=O)O)C(O)C(O)C3O)ccnc2N(C2CC2)c2ncccc21. The third kappa shape index (κ3) is 3.64. The van der Waals surface area contributed by atoms with Gasteiger partial charge in [-0.25, -0.2) is 19.6 Å². The smallest absolute Gasteiger partial charge is 0.342 e. The molecule has 34 heavy (non-hydrogen) atoms. The number of fused-ring (bicyclic) bond motifs is 2. The molecular weight excluding hydrogens is 452 g/mol. The Balaban J connectivity index is 1.49. The number of carbonyl (C=O) groups excluding carboxylic acids is 2. The van der Waals surface area contributed by atoms with E-state index in [0.29, 0.717) is 11.4 Å². The van der Waals surface area contributed by atoms with Gasteiger partial charge < -0.3 is 40.1 Å². The van der Waals surface area contributed by atoms with E-state index in [2.05, 4.69) is 15.3 Å². The quantitative estimate of drug-likeness (QED) is 0.355. The van der Waals surface area contributed by atoms with Crippen molar-refractivity contribution in [2.45, 2.75) is 49.6 Å². The fourth-order valence-corrected chi connectivity index (χ4v) is 3.97. The Morgan fingerprint density at radius 1 is 1.06 bits per heavy atom. The lowest BCUT2D eigenvalue weighted by atomic mass is 9.99. The van der Waals surface area contributed by atoms with Gasteiger partial charge in [0.2, 0.25) is 6.29 Å². The minimum Gasteiger partial charge on any atom is -0.479 e. The standard InChI is InChI=1S/C21H20N4O9/c26-12-13(27)15(19(30)31)33-21(14(12)28)34-20(32)9-5-7-23-17-11(9)24-18(29)10-2-1-6-22-16(10)25(17)8-3-4-8/h1-2,5-8,12-15,21,26-28H,3-4H2,(H,24,29)(H,30,31). The number of carboxylic acids is 1. The number of nitrogens with one attached hydrogen (secondary N) is 1. The van der Waals surface area contributed by atoms with Gasteiger partial charge in [-0.15, -0.1) is 0 Å². The van der Waals surface area contributed by atoms with E-state index in [9.17, 15) is 34.8 Å². The van der Waals surface area contributed by atoms with Crippen LogP contribution in [0.15, 0.2) is 30.6 Å². The van der Waals surface area contributed by atoms with Crippen molar-refractivity contribution in [1.82, 2.24) is 9.97 Å². The van der Waals surface area contributed by atoms with Crippen LogP contribution in [-0.2, 0) is 14.3 Å². The molecule has 0 bridgehead atoms. The summed E-state index contributed by atoms with van der Waals surface area (Å²) in [6.45, 7) is 0. The van der Waals surface area contributed by atoms with Crippen LogP contribution in [0.2, 0.25) is 0 Å². The summed E-state index contributed by atoms with van der Waals surface area (Å²) in [7, 11) is 0. The number of carboxylic acid groups (broad SMARTS) is 1. The number of hydrogen-bond acceptors (Lipinski definition) is 11. The molecule has 4 heterocycles. The molecule has 178 valence electrons. The molecule has 2 fully saturated rings. The van der Waals surface area contributed by atoms with Crippen LogP contribution in [0.5, 0.6) is 0 Å². The molecule has 0 radical (unpaired) electrons. The lowest BCUT2D eigenvalue weighted by Crippen LogP contribution is -2.60. The fraction of sp³-hybridized carbons (Fsp3) is 0.381. The van der Waals surface area contributed by atoms with E-state index in [1.165, 1.54) is 12.3 Å². The summed E-state index contributed by atoms with van der Waals surface area (Å²) >= 11 is 0. The number of nitrogens with zero attached hydrogens (tertiary/aromatic N) is 3. The minimum atomic E-state index is -1.94. The number of amides is 1. The van der Waals surface area contributed by atoms with Crippen LogP contribution in [-0.4, -0.2) is 85.0 Å². The predicted octanol–water partition coefficient (Wildman–Crippen LogP) is -0.608. The summed E-state index contributed by atoms with van der Waals surface area (Å²) < 4.78 is 10.2. The monoisotopic (exact) mass is 472 g/mol. The zero-order valence-corrected chi connectivity index (χ0v) is 17.4. The Morgan fingerprint density at radius 3 is 2.50 bits per heavy atom. The van der Waals surface area contributed by atoms with Crippen molar-refractivity contribution in [2.75, 3.05) is 10.2 Å². The van der Waals surface area contributed by atoms with Gasteiger partial charge in [-0.3, -0.25) is 4.79 Å². The Bertz CT molecular complexity index is 1170. The second kappa shape index (κ2) is 8.29. The maximum Gasteiger partial charge on any atom is 0.342 e. The second-order valence-electron chi connectivity index (χ2n) is 8.13. The lowest BCUT2D eigenvalue weighted by Gasteiger charge is -2.38. The number of carbonyl (C=O) groups is 3. The van der Waals surface area contributed by atoms with Crippen molar-refractivity contribution in [3.05, 3.63) is 41.7 Å². The molecule has 2 aromatic rings. The van der Waals surface area contributed by atoms with Crippen molar-refractivity contribution < 1.29 is 44.3 Å². The van der Waals surface area contributed by atoms with Crippen molar-refractivity contribution >= 4 is 35.2 Å². The molecule has 13 nitrogen and oxygen atoms in total. The van der Waals surface area contributed by atoms with Crippen molar-refractivity contribution in [1.29, 1.82) is 0 Å². The molecule has 0 aromatic carbocycles. The van der Waals surface area contributed by atoms with E-state index in [0.717, 1.165) is 12.8 Å². The molecule has 1 saturated carbocycles. The normalized spacial score (nSPS) is 28.3. The number of aliphatic hydroxyl groups is 3. The Labute approximate surface area is 191 Å². The van der Waals surface area contributed by atoms with Gasteiger partial charge in [-0.1, -0.05) is 0 Å². The number of rotatable bonds is 4. The third-order valence-electron chi connectivity index (χ3n) is 5.83. The van der Waals surface area contributed by atoms with E-state index in [-0.39, 0.29) is 23.1 Å². The molecule has 5 unspecified atom stereocenters. The zero-order chi connectivity index (χ0) is 24.1. The Hall–Kier alpha value is -3.65. The largest absolute Gasteiger partial charge is 0.479 e. The average molecular weight is 472 g/mol. The van der Waals surface area contributed by atoms with Crippen LogP contribution >= 0.6 is 0 Å².